The molecule has 3 nitrogen and oxygen atoms in total. The van der Waals surface area contributed by atoms with E-state index >= 15 is 0 Å². The summed E-state index contributed by atoms with van der Waals surface area (Å²) in [5.41, 5.74) is 2.31. The molecule has 2 rings (SSSR count). The van der Waals surface area contributed by atoms with E-state index in [0.717, 1.165) is 28.8 Å². The monoisotopic (exact) mass is 264 g/mol. The number of nitrogens with one attached hydrogen (secondary N) is 1. The van der Waals surface area contributed by atoms with Crippen molar-refractivity contribution in [3.63, 3.8) is 0 Å². The van der Waals surface area contributed by atoms with E-state index in [0.29, 0.717) is 0 Å². The van der Waals surface area contributed by atoms with Crippen LogP contribution in [0, 0.1) is 6.92 Å². The number of ether oxygens (including phenoxy) is 1. The third-order valence-corrected chi connectivity index (χ3v) is 3.91. The van der Waals surface area contributed by atoms with Crippen molar-refractivity contribution in [1.82, 2.24) is 0 Å². The Hall–Kier alpha value is -1.16. The first kappa shape index (κ1) is 13.3. The van der Waals surface area contributed by atoms with Crippen LogP contribution in [0.15, 0.2) is 23.2 Å². The zero-order valence-corrected chi connectivity index (χ0v) is 12.2. The lowest BCUT2D eigenvalue weighted by Crippen LogP contribution is -2.27. The number of hydrogen-bond donors (Lipinski definition) is 1. The highest BCUT2D eigenvalue weighted by atomic mass is 32.2. The Morgan fingerprint density at radius 2 is 2.17 bits per heavy atom. The Morgan fingerprint density at radius 1 is 1.39 bits per heavy atom. The Balaban J connectivity index is 2.17. The highest BCUT2D eigenvalue weighted by Gasteiger charge is 2.22. The molecule has 98 valence electrons. The van der Waals surface area contributed by atoms with Crippen molar-refractivity contribution in [2.24, 2.45) is 4.99 Å². The van der Waals surface area contributed by atoms with Crippen LogP contribution in [-0.2, 0) is 0 Å². The lowest BCUT2D eigenvalue weighted by atomic mass is 10.0. The molecule has 4 heteroatoms. The fraction of sp³-hybridized carbons (Fsp3) is 0.500. The molecule has 0 aliphatic carbocycles. The van der Waals surface area contributed by atoms with Crippen LogP contribution >= 0.6 is 11.8 Å². The third kappa shape index (κ3) is 3.19. The second-order valence-electron chi connectivity index (χ2n) is 5.13. The summed E-state index contributed by atoms with van der Waals surface area (Å²) in [6.07, 6.45) is 1.13. The lowest BCUT2D eigenvalue weighted by Gasteiger charge is -2.26. The van der Waals surface area contributed by atoms with Gasteiger partial charge >= 0.3 is 0 Å². The molecule has 0 radical (unpaired) electrons. The number of aryl methyl sites for hydroxylation is 1. The molecular weight excluding hydrogens is 244 g/mol. The van der Waals surface area contributed by atoms with Gasteiger partial charge in [-0.3, -0.25) is 4.99 Å². The van der Waals surface area contributed by atoms with Crippen molar-refractivity contribution < 1.29 is 4.74 Å². The van der Waals surface area contributed by atoms with Gasteiger partial charge < -0.3 is 10.1 Å². The van der Waals surface area contributed by atoms with Crippen molar-refractivity contribution in [3.8, 4) is 5.75 Å². The lowest BCUT2D eigenvalue weighted by molar-refractivity contribution is 0.414. The number of aliphatic imine (C=N–C) groups is 1. The first-order chi connectivity index (χ1) is 8.50. The average Bonchev–Trinajstić information content (AvgIpc) is 2.30. The van der Waals surface area contributed by atoms with E-state index in [4.69, 9.17) is 9.73 Å². The molecule has 0 spiro atoms. The van der Waals surface area contributed by atoms with Gasteiger partial charge in [-0.25, -0.2) is 0 Å². The molecule has 0 aromatic heterocycles. The van der Waals surface area contributed by atoms with Gasteiger partial charge in [0, 0.05) is 11.4 Å². The van der Waals surface area contributed by atoms with Gasteiger partial charge in [0.1, 0.15) is 5.75 Å². The highest BCUT2D eigenvalue weighted by Crippen LogP contribution is 2.28. The molecule has 0 bridgehead atoms. The molecule has 0 unspecified atom stereocenters. The summed E-state index contributed by atoms with van der Waals surface area (Å²) in [6.45, 7) is 6.43. The maximum atomic E-state index is 5.21. The van der Waals surface area contributed by atoms with E-state index in [1.165, 1.54) is 5.56 Å². The number of hydrogen-bond acceptors (Lipinski definition) is 4. The zero-order valence-electron chi connectivity index (χ0n) is 11.4. The molecule has 1 aromatic rings. The van der Waals surface area contributed by atoms with Crippen LogP contribution in [0.4, 0.5) is 5.69 Å². The highest BCUT2D eigenvalue weighted by molar-refractivity contribution is 8.14. The minimum Gasteiger partial charge on any atom is -0.497 e. The molecule has 0 atom stereocenters. The second kappa shape index (κ2) is 5.22. The smallest absolute Gasteiger partial charge is 0.161 e. The normalized spacial score (nSPS) is 18.1. The zero-order chi connectivity index (χ0) is 13.2. The van der Waals surface area contributed by atoms with Crippen molar-refractivity contribution in [2.45, 2.75) is 32.7 Å². The van der Waals surface area contributed by atoms with Crippen LogP contribution in [0.1, 0.15) is 25.8 Å². The molecular formula is C14H20N2OS. The van der Waals surface area contributed by atoms with Crippen LogP contribution in [0.2, 0.25) is 0 Å². The number of nitrogens with zero attached hydrogens (tertiary/aromatic N) is 1. The number of methoxy groups -OCH3 is 1. The predicted molar refractivity (Wildman–Crippen MR) is 79.9 cm³/mol. The summed E-state index contributed by atoms with van der Waals surface area (Å²) >= 11 is 1.79. The molecule has 0 saturated heterocycles. The Bertz CT molecular complexity index is 469. The summed E-state index contributed by atoms with van der Waals surface area (Å²) in [5.74, 6) is 2.00. The first-order valence-electron chi connectivity index (χ1n) is 6.14. The van der Waals surface area contributed by atoms with Gasteiger partial charge in [-0.1, -0.05) is 11.8 Å². The Kier molecular flexibility index (Phi) is 3.85. The molecule has 1 aliphatic heterocycles. The van der Waals surface area contributed by atoms with Crippen LogP contribution in [-0.4, -0.2) is 23.6 Å². The molecule has 1 aromatic carbocycles. The van der Waals surface area contributed by atoms with Crippen LogP contribution in [0.25, 0.3) is 0 Å². The molecule has 1 heterocycles. The number of rotatable bonds is 2. The van der Waals surface area contributed by atoms with E-state index in [9.17, 15) is 0 Å². The largest absolute Gasteiger partial charge is 0.497 e. The Labute approximate surface area is 113 Å². The molecule has 1 N–H and O–H groups in total. The Morgan fingerprint density at radius 3 is 2.78 bits per heavy atom. The summed E-state index contributed by atoms with van der Waals surface area (Å²) in [6, 6.07) is 6.04. The van der Waals surface area contributed by atoms with Crippen molar-refractivity contribution >= 4 is 22.6 Å². The van der Waals surface area contributed by atoms with Gasteiger partial charge in [0.15, 0.2) is 5.17 Å². The summed E-state index contributed by atoms with van der Waals surface area (Å²) in [7, 11) is 1.69. The van der Waals surface area contributed by atoms with Crippen LogP contribution < -0.4 is 10.1 Å². The average molecular weight is 264 g/mol. The molecule has 0 fully saturated rings. The van der Waals surface area contributed by atoms with Crippen molar-refractivity contribution in [1.29, 1.82) is 0 Å². The number of benzene rings is 1. The number of anilines is 1. The number of thioether (sulfide) groups is 1. The maximum Gasteiger partial charge on any atom is 0.161 e. The van der Waals surface area contributed by atoms with Gasteiger partial charge in [-0.2, -0.15) is 0 Å². The van der Waals surface area contributed by atoms with Gasteiger partial charge in [0.2, 0.25) is 0 Å². The van der Waals surface area contributed by atoms with E-state index < -0.39 is 0 Å². The fourth-order valence-electron chi connectivity index (χ4n) is 1.84. The van der Waals surface area contributed by atoms with E-state index in [1.807, 2.05) is 18.2 Å². The molecule has 0 amide bonds. The van der Waals surface area contributed by atoms with Crippen LogP contribution in [0.5, 0.6) is 5.75 Å². The van der Waals surface area contributed by atoms with E-state index in [2.05, 4.69) is 26.1 Å². The first-order valence-corrected chi connectivity index (χ1v) is 7.13. The topological polar surface area (TPSA) is 33.6 Å². The van der Waals surface area contributed by atoms with Gasteiger partial charge in [0.05, 0.1) is 12.6 Å². The van der Waals surface area contributed by atoms with Gasteiger partial charge in [-0.05, 0) is 51.0 Å². The van der Waals surface area contributed by atoms with Gasteiger partial charge in [-0.15, -0.1) is 0 Å². The minimum absolute atomic E-state index is 0.0496. The summed E-state index contributed by atoms with van der Waals surface area (Å²) < 4.78 is 5.21. The second-order valence-corrected chi connectivity index (χ2v) is 6.22. The van der Waals surface area contributed by atoms with Crippen LogP contribution in [0.3, 0.4) is 0 Å². The molecule has 18 heavy (non-hydrogen) atoms. The molecule has 1 aliphatic rings. The molecule has 0 saturated carbocycles. The van der Waals surface area contributed by atoms with E-state index in [1.54, 1.807) is 18.9 Å². The third-order valence-electron chi connectivity index (χ3n) is 3.03. The quantitative estimate of drug-likeness (QED) is 0.884. The number of amidine groups is 1. The van der Waals surface area contributed by atoms with E-state index in [-0.39, 0.29) is 5.54 Å². The van der Waals surface area contributed by atoms with Crippen molar-refractivity contribution in [3.05, 3.63) is 23.8 Å². The SMILES string of the molecule is COc1ccc(NC2=NC(C)(C)CCS2)c(C)c1. The maximum absolute atomic E-state index is 5.21. The standard InChI is InChI=1S/C14H20N2OS/c1-10-9-11(17-4)5-6-12(10)15-13-16-14(2,3)7-8-18-13/h5-6,9H,7-8H2,1-4H3,(H,15,16). The predicted octanol–water partition coefficient (Wildman–Crippen LogP) is 3.69. The fourth-order valence-corrected chi connectivity index (χ4v) is 3.13. The minimum atomic E-state index is 0.0496. The van der Waals surface area contributed by atoms with Crippen molar-refractivity contribution in [2.75, 3.05) is 18.2 Å². The van der Waals surface area contributed by atoms with Gasteiger partial charge in [0.25, 0.3) is 0 Å². The summed E-state index contributed by atoms with van der Waals surface area (Å²) in [4.78, 5) is 4.73. The summed E-state index contributed by atoms with van der Waals surface area (Å²) in [5, 5.41) is 4.43.